The molecule has 1 aromatic heterocycles. The lowest BCUT2D eigenvalue weighted by molar-refractivity contribution is 0.110. The first-order chi connectivity index (χ1) is 8.27. The van der Waals surface area contributed by atoms with Crippen LogP contribution in [0.2, 0.25) is 0 Å². The molecule has 90 valence electrons. The molecule has 2 aromatic rings. The Labute approximate surface area is 105 Å². The number of rotatable bonds is 4. The van der Waals surface area contributed by atoms with Crippen LogP contribution in [-0.2, 0) is 10.6 Å². The van der Waals surface area contributed by atoms with E-state index < -0.39 is 0 Å². The standard InChI is InChI=1S/C12H14ClN3O/c1-9(17-2)12-15-14-11(8-13)16(12)10-6-4-3-5-7-10/h3-7,9H,8H2,1-2H3. The molecule has 0 fully saturated rings. The minimum absolute atomic E-state index is 0.125. The Morgan fingerprint density at radius 3 is 2.59 bits per heavy atom. The summed E-state index contributed by atoms with van der Waals surface area (Å²) in [6.45, 7) is 1.93. The highest BCUT2D eigenvalue weighted by atomic mass is 35.5. The van der Waals surface area contributed by atoms with Gasteiger partial charge in [-0.15, -0.1) is 21.8 Å². The number of hydrogen-bond donors (Lipinski definition) is 0. The van der Waals surface area contributed by atoms with Gasteiger partial charge in [-0.05, 0) is 19.1 Å². The number of hydrogen-bond acceptors (Lipinski definition) is 3. The van der Waals surface area contributed by atoms with Crippen molar-refractivity contribution in [1.82, 2.24) is 14.8 Å². The fourth-order valence-electron chi connectivity index (χ4n) is 1.64. The minimum atomic E-state index is -0.125. The molecule has 0 N–H and O–H groups in total. The van der Waals surface area contributed by atoms with Gasteiger partial charge in [0.1, 0.15) is 6.10 Å². The Balaban J connectivity index is 2.54. The topological polar surface area (TPSA) is 39.9 Å². The number of benzene rings is 1. The molecule has 0 saturated heterocycles. The summed E-state index contributed by atoms with van der Waals surface area (Å²) in [6.07, 6.45) is -0.125. The first-order valence-corrected chi connectivity index (χ1v) is 5.89. The number of alkyl halides is 1. The van der Waals surface area contributed by atoms with Gasteiger partial charge in [0.15, 0.2) is 11.6 Å². The molecule has 0 radical (unpaired) electrons. The van der Waals surface area contributed by atoms with Crippen LogP contribution >= 0.6 is 11.6 Å². The summed E-state index contributed by atoms with van der Waals surface area (Å²) in [6, 6.07) is 9.88. The summed E-state index contributed by atoms with van der Waals surface area (Å²) < 4.78 is 7.22. The number of aromatic nitrogens is 3. The van der Waals surface area contributed by atoms with E-state index in [0.29, 0.717) is 5.88 Å². The summed E-state index contributed by atoms with van der Waals surface area (Å²) in [5.74, 6) is 1.80. The predicted molar refractivity (Wildman–Crippen MR) is 66.3 cm³/mol. The van der Waals surface area contributed by atoms with E-state index in [4.69, 9.17) is 16.3 Å². The molecular formula is C12H14ClN3O. The van der Waals surface area contributed by atoms with E-state index in [2.05, 4.69) is 10.2 Å². The molecule has 4 nitrogen and oxygen atoms in total. The van der Waals surface area contributed by atoms with Crippen molar-refractivity contribution in [3.8, 4) is 5.69 Å². The third kappa shape index (κ3) is 2.33. The normalized spacial score (nSPS) is 12.6. The van der Waals surface area contributed by atoms with Crippen molar-refractivity contribution in [3.05, 3.63) is 42.0 Å². The third-order valence-corrected chi connectivity index (χ3v) is 2.85. The summed E-state index contributed by atoms with van der Waals surface area (Å²) in [4.78, 5) is 0. The van der Waals surface area contributed by atoms with Crippen LogP contribution in [0, 0.1) is 0 Å². The van der Waals surface area contributed by atoms with Crippen LogP contribution in [0.15, 0.2) is 30.3 Å². The number of nitrogens with zero attached hydrogens (tertiary/aromatic N) is 3. The Hall–Kier alpha value is -1.39. The smallest absolute Gasteiger partial charge is 0.166 e. The Bertz CT molecular complexity index is 484. The van der Waals surface area contributed by atoms with Gasteiger partial charge in [-0.25, -0.2) is 0 Å². The molecule has 2 rings (SSSR count). The number of methoxy groups -OCH3 is 1. The van der Waals surface area contributed by atoms with Crippen LogP contribution in [0.25, 0.3) is 5.69 Å². The maximum atomic E-state index is 5.88. The molecule has 1 heterocycles. The van der Waals surface area contributed by atoms with Crippen LogP contribution in [0.5, 0.6) is 0 Å². The number of halogens is 1. The maximum Gasteiger partial charge on any atom is 0.166 e. The van der Waals surface area contributed by atoms with E-state index in [9.17, 15) is 0 Å². The van der Waals surface area contributed by atoms with Crippen molar-refractivity contribution in [2.75, 3.05) is 7.11 Å². The van der Waals surface area contributed by atoms with Crippen LogP contribution in [0.4, 0.5) is 0 Å². The zero-order chi connectivity index (χ0) is 12.3. The average molecular weight is 252 g/mol. The first kappa shape index (κ1) is 12.1. The summed E-state index contributed by atoms with van der Waals surface area (Å²) in [5, 5.41) is 8.22. The van der Waals surface area contributed by atoms with Crippen molar-refractivity contribution in [1.29, 1.82) is 0 Å². The molecule has 0 aliphatic rings. The average Bonchev–Trinajstić information content (AvgIpc) is 2.82. The van der Waals surface area contributed by atoms with E-state index in [1.54, 1.807) is 7.11 Å². The lowest BCUT2D eigenvalue weighted by atomic mass is 10.3. The number of ether oxygens (including phenoxy) is 1. The van der Waals surface area contributed by atoms with E-state index in [1.165, 1.54) is 0 Å². The van der Waals surface area contributed by atoms with Gasteiger partial charge in [-0.3, -0.25) is 4.57 Å². The van der Waals surface area contributed by atoms with E-state index in [1.807, 2.05) is 41.8 Å². The molecule has 17 heavy (non-hydrogen) atoms. The van der Waals surface area contributed by atoms with Gasteiger partial charge in [-0.1, -0.05) is 18.2 Å². The molecular weight excluding hydrogens is 238 g/mol. The van der Waals surface area contributed by atoms with Crippen molar-refractivity contribution in [2.45, 2.75) is 18.9 Å². The van der Waals surface area contributed by atoms with Gasteiger partial charge in [0.05, 0.1) is 5.88 Å². The predicted octanol–water partition coefficient (Wildman–Crippen LogP) is 2.71. The summed E-state index contributed by atoms with van der Waals surface area (Å²) in [7, 11) is 1.65. The van der Waals surface area contributed by atoms with Crippen LogP contribution < -0.4 is 0 Å². The lowest BCUT2D eigenvalue weighted by Crippen LogP contribution is -2.08. The van der Waals surface area contributed by atoms with E-state index >= 15 is 0 Å². The van der Waals surface area contributed by atoms with E-state index in [-0.39, 0.29) is 6.10 Å². The monoisotopic (exact) mass is 251 g/mol. The lowest BCUT2D eigenvalue weighted by Gasteiger charge is -2.13. The van der Waals surface area contributed by atoms with Gasteiger partial charge >= 0.3 is 0 Å². The van der Waals surface area contributed by atoms with Gasteiger partial charge in [0.2, 0.25) is 0 Å². The second-order valence-corrected chi connectivity index (χ2v) is 3.92. The SMILES string of the molecule is COC(C)c1nnc(CCl)n1-c1ccccc1. The molecule has 5 heteroatoms. The summed E-state index contributed by atoms with van der Waals surface area (Å²) in [5.41, 5.74) is 0.993. The third-order valence-electron chi connectivity index (χ3n) is 2.61. The number of para-hydroxylation sites is 1. The highest BCUT2D eigenvalue weighted by Crippen LogP contribution is 2.20. The largest absolute Gasteiger partial charge is 0.374 e. The Morgan fingerprint density at radius 1 is 1.29 bits per heavy atom. The van der Waals surface area contributed by atoms with E-state index in [0.717, 1.165) is 17.3 Å². The fraction of sp³-hybridized carbons (Fsp3) is 0.333. The van der Waals surface area contributed by atoms with Crippen molar-refractivity contribution in [2.24, 2.45) is 0 Å². The fourth-order valence-corrected chi connectivity index (χ4v) is 1.82. The molecule has 0 spiro atoms. The van der Waals surface area contributed by atoms with Crippen LogP contribution in [-0.4, -0.2) is 21.9 Å². The Kier molecular flexibility index (Phi) is 3.76. The molecule has 1 aromatic carbocycles. The van der Waals surface area contributed by atoms with Gasteiger partial charge in [0.25, 0.3) is 0 Å². The molecule has 0 amide bonds. The Morgan fingerprint density at radius 2 is 2.00 bits per heavy atom. The second kappa shape index (κ2) is 5.29. The molecule has 0 aliphatic heterocycles. The van der Waals surface area contributed by atoms with Crippen molar-refractivity contribution in [3.63, 3.8) is 0 Å². The molecule has 0 saturated carbocycles. The second-order valence-electron chi connectivity index (χ2n) is 3.66. The zero-order valence-corrected chi connectivity index (χ0v) is 10.6. The van der Waals surface area contributed by atoms with Gasteiger partial charge in [-0.2, -0.15) is 0 Å². The van der Waals surface area contributed by atoms with Gasteiger partial charge in [0, 0.05) is 12.8 Å². The maximum absolute atomic E-state index is 5.88. The highest BCUT2D eigenvalue weighted by molar-refractivity contribution is 6.16. The van der Waals surface area contributed by atoms with Crippen LogP contribution in [0.3, 0.4) is 0 Å². The van der Waals surface area contributed by atoms with Crippen molar-refractivity contribution < 1.29 is 4.74 Å². The highest BCUT2D eigenvalue weighted by Gasteiger charge is 2.17. The molecule has 1 unspecified atom stereocenters. The van der Waals surface area contributed by atoms with Gasteiger partial charge < -0.3 is 4.74 Å². The zero-order valence-electron chi connectivity index (χ0n) is 9.80. The molecule has 0 aliphatic carbocycles. The van der Waals surface area contributed by atoms with Crippen molar-refractivity contribution >= 4 is 11.6 Å². The minimum Gasteiger partial charge on any atom is -0.374 e. The molecule has 1 atom stereocenters. The molecule has 0 bridgehead atoms. The quantitative estimate of drug-likeness (QED) is 0.785. The summed E-state index contributed by atoms with van der Waals surface area (Å²) >= 11 is 5.88. The van der Waals surface area contributed by atoms with Crippen LogP contribution in [0.1, 0.15) is 24.7 Å². The first-order valence-electron chi connectivity index (χ1n) is 5.36.